The summed E-state index contributed by atoms with van der Waals surface area (Å²) in [6.45, 7) is 1.09. The SMILES string of the molecule is O=[P@]1(N(CCCl)CCCl)OC[C@@H](CCl)O1. The number of alkyl halides is 3. The third-order valence-corrected chi connectivity index (χ3v) is 4.72. The maximum atomic E-state index is 12.2. The van der Waals surface area contributed by atoms with E-state index in [4.69, 9.17) is 43.9 Å². The van der Waals surface area contributed by atoms with E-state index in [0.717, 1.165) is 0 Å². The first-order valence-corrected chi connectivity index (χ1v) is 7.62. The van der Waals surface area contributed by atoms with E-state index in [1.165, 1.54) is 0 Å². The Morgan fingerprint density at radius 2 is 1.87 bits per heavy atom. The lowest BCUT2D eigenvalue weighted by Gasteiger charge is -2.24. The topological polar surface area (TPSA) is 38.8 Å². The van der Waals surface area contributed by atoms with Crippen molar-refractivity contribution in [3.63, 3.8) is 0 Å². The zero-order valence-corrected chi connectivity index (χ0v) is 11.2. The Morgan fingerprint density at radius 3 is 2.27 bits per heavy atom. The van der Waals surface area contributed by atoms with Crippen LogP contribution in [-0.4, -0.2) is 48.1 Å². The van der Waals surface area contributed by atoms with Crippen molar-refractivity contribution in [2.24, 2.45) is 0 Å². The van der Waals surface area contributed by atoms with Crippen molar-refractivity contribution in [1.82, 2.24) is 4.67 Å². The Kier molecular flexibility index (Phi) is 6.23. The molecule has 1 rings (SSSR count). The van der Waals surface area contributed by atoms with E-state index >= 15 is 0 Å². The molecule has 0 spiro atoms. The van der Waals surface area contributed by atoms with Gasteiger partial charge < -0.3 is 0 Å². The molecule has 0 amide bonds. The van der Waals surface area contributed by atoms with Crippen LogP contribution in [-0.2, 0) is 13.6 Å². The minimum Gasteiger partial charge on any atom is -0.294 e. The van der Waals surface area contributed by atoms with Gasteiger partial charge in [0.05, 0.1) is 12.5 Å². The zero-order valence-electron chi connectivity index (χ0n) is 8.07. The van der Waals surface area contributed by atoms with Crippen LogP contribution in [0.2, 0.25) is 0 Å². The normalized spacial score (nSPS) is 31.3. The minimum atomic E-state index is -3.21. The highest BCUT2D eigenvalue weighted by Crippen LogP contribution is 2.56. The highest BCUT2D eigenvalue weighted by Gasteiger charge is 2.41. The molecule has 0 aromatic heterocycles. The van der Waals surface area contributed by atoms with Crippen molar-refractivity contribution in [3.05, 3.63) is 0 Å². The van der Waals surface area contributed by atoms with E-state index in [9.17, 15) is 4.57 Å². The molecule has 90 valence electrons. The summed E-state index contributed by atoms with van der Waals surface area (Å²) in [7, 11) is -3.21. The second kappa shape index (κ2) is 6.65. The summed E-state index contributed by atoms with van der Waals surface area (Å²) in [6.07, 6.45) is -0.314. The molecule has 0 radical (unpaired) electrons. The molecular weight excluding hydrogens is 283 g/mol. The van der Waals surface area contributed by atoms with Crippen LogP contribution in [0.4, 0.5) is 0 Å². The van der Waals surface area contributed by atoms with Gasteiger partial charge in [0, 0.05) is 24.8 Å². The van der Waals surface area contributed by atoms with Crippen LogP contribution in [0.25, 0.3) is 0 Å². The number of hydrogen-bond acceptors (Lipinski definition) is 3. The van der Waals surface area contributed by atoms with Crippen molar-refractivity contribution in [2.75, 3.05) is 37.3 Å². The van der Waals surface area contributed by atoms with E-state index in [1.807, 2.05) is 0 Å². The number of halogens is 3. The van der Waals surface area contributed by atoms with Gasteiger partial charge in [-0.05, 0) is 0 Å². The zero-order chi connectivity index (χ0) is 11.3. The van der Waals surface area contributed by atoms with Crippen molar-refractivity contribution >= 4 is 42.5 Å². The summed E-state index contributed by atoms with van der Waals surface area (Å²) >= 11 is 16.8. The van der Waals surface area contributed by atoms with Crippen LogP contribution in [0, 0.1) is 0 Å². The summed E-state index contributed by atoms with van der Waals surface area (Å²) in [6, 6.07) is 0. The van der Waals surface area contributed by atoms with Gasteiger partial charge in [0.1, 0.15) is 6.10 Å². The molecule has 0 saturated carbocycles. The Balaban J connectivity index is 2.61. The molecule has 0 N–H and O–H groups in total. The van der Waals surface area contributed by atoms with Gasteiger partial charge in [-0.1, -0.05) is 0 Å². The quantitative estimate of drug-likeness (QED) is 0.558. The summed E-state index contributed by atoms with van der Waals surface area (Å²) < 4.78 is 24.2. The lowest BCUT2D eigenvalue weighted by molar-refractivity contribution is 0.238. The molecular formula is C7H13Cl3NO3P. The molecule has 0 bridgehead atoms. The van der Waals surface area contributed by atoms with Gasteiger partial charge in [0.15, 0.2) is 0 Å². The Bertz CT molecular complexity index is 238. The molecule has 15 heavy (non-hydrogen) atoms. The van der Waals surface area contributed by atoms with E-state index in [1.54, 1.807) is 4.67 Å². The van der Waals surface area contributed by atoms with Gasteiger partial charge in [-0.3, -0.25) is 9.05 Å². The van der Waals surface area contributed by atoms with Gasteiger partial charge in [0.25, 0.3) is 0 Å². The molecule has 0 aromatic carbocycles. The summed E-state index contributed by atoms with van der Waals surface area (Å²) in [5.74, 6) is 0.956. The average molecular weight is 297 g/mol. The fraction of sp³-hybridized carbons (Fsp3) is 1.00. The lowest BCUT2D eigenvalue weighted by atomic mass is 10.5. The number of hydrogen-bond donors (Lipinski definition) is 0. The first-order valence-electron chi connectivity index (χ1n) is 4.52. The maximum Gasteiger partial charge on any atom is 0.408 e. The van der Waals surface area contributed by atoms with Gasteiger partial charge in [0.2, 0.25) is 0 Å². The van der Waals surface area contributed by atoms with Gasteiger partial charge in [-0.2, -0.15) is 0 Å². The molecule has 0 aliphatic carbocycles. The predicted molar refractivity (Wildman–Crippen MR) is 62.2 cm³/mol. The Morgan fingerprint density at radius 1 is 1.27 bits per heavy atom. The third-order valence-electron chi connectivity index (χ3n) is 1.91. The number of rotatable bonds is 6. The lowest BCUT2D eigenvalue weighted by Crippen LogP contribution is -2.25. The molecule has 1 fully saturated rings. The smallest absolute Gasteiger partial charge is 0.294 e. The summed E-state index contributed by atoms with van der Waals surface area (Å²) in [4.78, 5) is 0. The average Bonchev–Trinajstić information content (AvgIpc) is 2.61. The molecule has 0 aromatic rings. The van der Waals surface area contributed by atoms with Gasteiger partial charge >= 0.3 is 7.75 Å². The standard InChI is InChI=1S/C7H13Cl3NO3P/c8-1-3-11(4-2-9)15(12)13-6-7(5-10)14-15/h7H,1-6H2/t7-,15-/m1/s1. The van der Waals surface area contributed by atoms with Crippen LogP contribution >= 0.6 is 42.5 Å². The fourth-order valence-electron chi connectivity index (χ4n) is 1.20. The van der Waals surface area contributed by atoms with Crippen molar-refractivity contribution in [1.29, 1.82) is 0 Å². The fourth-order valence-corrected chi connectivity index (χ4v) is 4.00. The van der Waals surface area contributed by atoms with Crippen molar-refractivity contribution in [2.45, 2.75) is 6.10 Å². The minimum absolute atomic E-state index is 0.252. The van der Waals surface area contributed by atoms with Gasteiger partial charge in [-0.15, -0.1) is 34.8 Å². The molecule has 1 aliphatic heterocycles. The monoisotopic (exact) mass is 295 g/mol. The molecule has 1 heterocycles. The number of nitrogens with zero attached hydrogens (tertiary/aromatic N) is 1. The van der Waals surface area contributed by atoms with E-state index in [2.05, 4.69) is 0 Å². The van der Waals surface area contributed by atoms with Crippen LogP contribution in [0.5, 0.6) is 0 Å². The molecule has 1 aliphatic rings. The predicted octanol–water partition coefficient (Wildman–Crippen LogP) is 2.53. The van der Waals surface area contributed by atoms with E-state index < -0.39 is 7.75 Å². The third kappa shape index (κ3) is 3.74. The maximum absolute atomic E-state index is 12.2. The highest BCUT2D eigenvalue weighted by atomic mass is 35.5. The van der Waals surface area contributed by atoms with Crippen molar-refractivity contribution < 1.29 is 13.6 Å². The highest BCUT2D eigenvalue weighted by molar-refractivity contribution is 7.51. The van der Waals surface area contributed by atoms with Crippen LogP contribution < -0.4 is 0 Å². The Hall–Kier alpha value is 0.980. The second-order valence-electron chi connectivity index (χ2n) is 2.98. The first-order chi connectivity index (χ1) is 7.16. The van der Waals surface area contributed by atoms with Crippen molar-refractivity contribution in [3.8, 4) is 0 Å². The Labute approximate surface area is 104 Å². The van der Waals surface area contributed by atoms with Gasteiger partial charge in [-0.25, -0.2) is 9.24 Å². The van der Waals surface area contributed by atoms with Crippen LogP contribution in [0.15, 0.2) is 0 Å². The molecule has 4 nitrogen and oxygen atoms in total. The molecule has 2 atom stereocenters. The van der Waals surface area contributed by atoms with E-state index in [-0.39, 0.29) is 18.6 Å². The van der Waals surface area contributed by atoms with Crippen LogP contribution in [0.3, 0.4) is 0 Å². The largest absolute Gasteiger partial charge is 0.408 e. The van der Waals surface area contributed by atoms with E-state index in [0.29, 0.717) is 24.8 Å². The summed E-state index contributed by atoms with van der Waals surface area (Å²) in [5.41, 5.74) is 0. The first kappa shape index (κ1) is 14.0. The molecule has 0 unspecified atom stereocenters. The summed E-state index contributed by atoms with van der Waals surface area (Å²) in [5, 5.41) is 0. The molecule has 8 heteroatoms. The second-order valence-corrected chi connectivity index (χ2v) is 6.01. The molecule has 1 saturated heterocycles. The van der Waals surface area contributed by atoms with Crippen LogP contribution in [0.1, 0.15) is 0 Å².